The smallest absolute Gasteiger partial charge is 0.283 e. The number of hydrogen-bond donors (Lipinski definition) is 1. The minimum absolute atomic E-state index is 0.193. The first-order valence-corrected chi connectivity index (χ1v) is 13.5. The Morgan fingerprint density at radius 2 is 1.61 bits per heavy atom. The number of rotatable bonds is 6. The number of nitrogens with one attached hydrogen (secondary N) is 1. The minimum Gasteiger partial charge on any atom is -0.365 e. The van der Waals surface area contributed by atoms with Gasteiger partial charge in [-0.15, -0.1) is 5.10 Å². The van der Waals surface area contributed by atoms with Crippen molar-refractivity contribution in [1.29, 1.82) is 0 Å². The van der Waals surface area contributed by atoms with Gasteiger partial charge in [0.15, 0.2) is 5.82 Å². The highest BCUT2D eigenvalue weighted by Gasteiger charge is 2.40. The monoisotopic (exact) mass is 499 g/mol. The van der Waals surface area contributed by atoms with Crippen molar-refractivity contribution in [3.63, 3.8) is 0 Å². The van der Waals surface area contributed by atoms with Crippen LogP contribution in [0.15, 0.2) is 89.8 Å². The molecule has 36 heavy (non-hydrogen) atoms. The molecule has 0 saturated heterocycles. The maximum absolute atomic E-state index is 13.9. The van der Waals surface area contributed by atoms with Crippen LogP contribution in [0.25, 0.3) is 6.08 Å². The second-order valence-corrected chi connectivity index (χ2v) is 11.4. The summed E-state index contributed by atoms with van der Waals surface area (Å²) in [6, 6.07) is 23.5. The largest absolute Gasteiger partial charge is 0.365 e. The van der Waals surface area contributed by atoms with E-state index in [2.05, 4.69) is 16.5 Å². The van der Waals surface area contributed by atoms with Crippen LogP contribution in [0.4, 0.5) is 10.2 Å². The normalized spacial score (nSPS) is 19.2. The molecule has 1 unspecified atom stereocenters. The quantitative estimate of drug-likeness (QED) is 0.370. The average molecular weight is 500 g/mol. The van der Waals surface area contributed by atoms with E-state index in [1.165, 1.54) is 16.2 Å². The number of anilines is 1. The van der Waals surface area contributed by atoms with Crippen molar-refractivity contribution in [1.82, 2.24) is 9.19 Å². The van der Waals surface area contributed by atoms with Crippen molar-refractivity contribution in [2.24, 2.45) is 0 Å². The van der Waals surface area contributed by atoms with E-state index < -0.39 is 15.4 Å². The lowest BCUT2D eigenvalue weighted by Crippen LogP contribution is -2.32. The van der Waals surface area contributed by atoms with Gasteiger partial charge in [-0.25, -0.2) is 4.39 Å². The molecule has 182 valence electrons. The highest BCUT2D eigenvalue weighted by Crippen LogP contribution is 2.44. The van der Waals surface area contributed by atoms with Gasteiger partial charge in [-0.05, 0) is 55.2 Å². The molecular formula is C29H26FN3O2S. The van der Waals surface area contributed by atoms with E-state index in [0.29, 0.717) is 24.0 Å². The molecule has 7 heteroatoms. The molecule has 1 N–H and O–H groups in total. The standard InChI is InChI=1S/C29H26FN3O2S/c1-20-7-15-25(16-8-20)36(34,35)33-27-19-29(21-5-3-2-4-6-21,22-9-11-23(30)12-10-22)18-17-26(27)28(32-33)31-24-13-14-24/h2-12,15-18,24H,13-14,19H2,1H3,(H,31,32). The third-order valence-corrected chi connectivity index (χ3v) is 8.71. The lowest BCUT2D eigenvalue weighted by atomic mass is 9.68. The number of hydrogen-bond acceptors (Lipinski definition) is 4. The molecule has 3 aromatic carbocycles. The van der Waals surface area contributed by atoms with Gasteiger partial charge < -0.3 is 5.32 Å². The van der Waals surface area contributed by atoms with Crippen molar-refractivity contribution in [3.8, 4) is 0 Å². The molecule has 1 fully saturated rings. The highest BCUT2D eigenvalue weighted by atomic mass is 32.2. The van der Waals surface area contributed by atoms with E-state index in [-0.39, 0.29) is 10.7 Å². The van der Waals surface area contributed by atoms with Gasteiger partial charge in [-0.1, -0.05) is 72.3 Å². The van der Waals surface area contributed by atoms with Crippen LogP contribution in [0.5, 0.6) is 0 Å². The Morgan fingerprint density at radius 1 is 0.944 bits per heavy atom. The number of benzene rings is 3. The van der Waals surface area contributed by atoms with E-state index >= 15 is 0 Å². The maximum Gasteiger partial charge on any atom is 0.283 e. The van der Waals surface area contributed by atoms with Gasteiger partial charge in [0.2, 0.25) is 0 Å². The Bertz CT molecular complexity index is 1560. The molecule has 0 radical (unpaired) electrons. The van der Waals surface area contributed by atoms with Gasteiger partial charge in [0.1, 0.15) is 5.82 Å². The SMILES string of the molecule is Cc1ccc(S(=O)(=O)n2nc(NC3CC3)c3c2CC(c2ccccc2)(c2ccc(F)cc2)C=C3)cc1. The summed E-state index contributed by atoms with van der Waals surface area (Å²) in [6.45, 7) is 1.92. The van der Waals surface area contributed by atoms with Crippen LogP contribution in [0.3, 0.4) is 0 Å². The summed E-state index contributed by atoms with van der Waals surface area (Å²) < 4.78 is 42.8. The van der Waals surface area contributed by atoms with Crippen LogP contribution >= 0.6 is 0 Å². The first-order valence-electron chi connectivity index (χ1n) is 12.1. The Hall–Kier alpha value is -3.71. The second kappa shape index (κ2) is 8.45. The Kier molecular flexibility index (Phi) is 5.34. The second-order valence-electron chi connectivity index (χ2n) is 9.64. The van der Waals surface area contributed by atoms with Crippen LogP contribution in [0.1, 0.15) is 40.8 Å². The summed E-state index contributed by atoms with van der Waals surface area (Å²) in [5.41, 5.74) is 3.57. The van der Waals surface area contributed by atoms with Crippen molar-refractivity contribution in [2.45, 2.75) is 42.5 Å². The molecule has 6 rings (SSSR count). The number of halogens is 1. The van der Waals surface area contributed by atoms with Gasteiger partial charge >= 0.3 is 0 Å². The van der Waals surface area contributed by atoms with E-state index in [0.717, 1.165) is 35.1 Å². The number of nitrogens with zero attached hydrogens (tertiary/aromatic N) is 2. The summed E-state index contributed by atoms with van der Waals surface area (Å²) in [7, 11) is -3.94. The van der Waals surface area contributed by atoms with E-state index in [1.807, 2.05) is 43.3 Å². The molecule has 0 spiro atoms. The third-order valence-electron chi connectivity index (χ3n) is 7.08. The van der Waals surface area contributed by atoms with Crippen LogP contribution in [-0.2, 0) is 21.9 Å². The molecule has 5 nitrogen and oxygen atoms in total. The Balaban J connectivity index is 1.55. The molecule has 0 bridgehead atoms. The summed E-state index contributed by atoms with van der Waals surface area (Å²) in [4.78, 5) is 0.193. The van der Waals surface area contributed by atoms with Crippen molar-refractivity contribution < 1.29 is 12.8 Å². The molecule has 1 aromatic heterocycles. The molecular weight excluding hydrogens is 473 g/mol. The fourth-order valence-electron chi connectivity index (χ4n) is 4.91. The number of allylic oxidation sites excluding steroid dienone is 1. The maximum atomic E-state index is 13.9. The number of fused-ring (bicyclic) bond motifs is 1. The van der Waals surface area contributed by atoms with Crippen molar-refractivity contribution >= 4 is 21.9 Å². The van der Waals surface area contributed by atoms with Crippen molar-refractivity contribution in [2.75, 3.05) is 5.32 Å². The summed E-state index contributed by atoms with van der Waals surface area (Å²) >= 11 is 0. The fourth-order valence-corrected chi connectivity index (χ4v) is 6.24. The number of aromatic nitrogens is 2. The van der Waals surface area contributed by atoms with Crippen LogP contribution < -0.4 is 5.32 Å². The molecule has 1 saturated carbocycles. The van der Waals surface area contributed by atoms with Crippen LogP contribution in [-0.4, -0.2) is 23.6 Å². The van der Waals surface area contributed by atoms with Gasteiger partial charge in [-0.2, -0.15) is 12.5 Å². The predicted molar refractivity (Wildman–Crippen MR) is 139 cm³/mol. The zero-order valence-electron chi connectivity index (χ0n) is 19.9. The first-order chi connectivity index (χ1) is 17.4. The Morgan fingerprint density at radius 3 is 2.28 bits per heavy atom. The van der Waals surface area contributed by atoms with Crippen LogP contribution in [0, 0.1) is 12.7 Å². The first kappa shape index (κ1) is 22.7. The van der Waals surface area contributed by atoms with E-state index in [4.69, 9.17) is 0 Å². The molecule has 2 aliphatic rings. The zero-order valence-corrected chi connectivity index (χ0v) is 20.7. The van der Waals surface area contributed by atoms with Gasteiger partial charge in [0.25, 0.3) is 10.0 Å². The third kappa shape index (κ3) is 3.84. The van der Waals surface area contributed by atoms with Crippen LogP contribution in [0.2, 0.25) is 0 Å². The zero-order chi connectivity index (χ0) is 24.9. The van der Waals surface area contributed by atoms with E-state index in [1.54, 1.807) is 36.4 Å². The summed E-state index contributed by atoms with van der Waals surface area (Å²) in [5, 5.41) is 8.03. The molecule has 1 atom stereocenters. The molecule has 0 aliphatic heterocycles. The highest BCUT2D eigenvalue weighted by molar-refractivity contribution is 7.89. The molecule has 4 aromatic rings. The number of aryl methyl sites for hydroxylation is 1. The van der Waals surface area contributed by atoms with Gasteiger partial charge in [0, 0.05) is 23.4 Å². The lowest BCUT2D eigenvalue weighted by molar-refractivity contribution is 0.564. The fraction of sp³-hybridized carbons (Fsp3) is 0.207. The Labute approximate surface area is 210 Å². The van der Waals surface area contributed by atoms with Gasteiger partial charge in [-0.3, -0.25) is 0 Å². The lowest BCUT2D eigenvalue weighted by Gasteiger charge is -2.35. The van der Waals surface area contributed by atoms with Crippen molar-refractivity contribution in [3.05, 3.63) is 119 Å². The molecule has 0 amide bonds. The minimum atomic E-state index is -3.94. The summed E-state index contributed by atoms with van der Waals surface area (Å²) in [6.07, 6.45) is 6.51. The predicted octanol–water partition coefficient (Wildman–Crippen LogP) is 5.70. The van der Waals surface area contributed by atoms with E-state index in [9.17, 15) is 12.8 Å². The molecule has 2 aliphatic carbocycles. The topological polar surface area (TPSA) is 64.0 Å². The van der Waals surface area contributed by atoms with Gasteiger partial charge in [0.05, 0.1) is 10.6 Å². The molecule has 1 heterocycles. The average Bonchev–Trinajstić information content (AvgIpc) is 3.64. The summed E-state index contributed by atoms with van der Waals surface area (Å²) in [5.74, 6) is 0.269.